The zero-order valence-corrected chi connectivity index (χ0v) is 11.6. The molecule has 1 aliphatic heterocycles. The van der Waals surface area contributed by atoms with Gasteiger partial charge in [-0.15, -0.1) is 0 Å². The van der Waals surface area contributed by atoms with Crippen LogP contribution in [0.15, 0.2) is 18.2 Å². The third-order valence-corrected chi connectivity index (χ3v) is 3.29. The van der Waals surface area contributed by atoms with Crippen LogP contribution in [-0.2, 0) is 4.79 Å². The average molecular weight is 246 g/mol. The number of amides is 1. The summed E-state index contributed by atoms with van der Waals surface area (Å²) < 4.78 is 0. The minimum absolute atomic E-state index is 0.0248. The highest BCUT2D eigenvalue weighted by molar-refractivity contribution is 5.98. The van der Waals surface area contributed by atoms with Crippen molar-refractivity contribution in [1.29, 1.82) is 0 Å². The van der Waals surface area contributed by atoms with Gasteiger partial charge in [0.15, 0.2) is 0 Å². The van der Waals surface area contributed by atoms with Crippen LogP contribution in [0.1, 0.15) is 32.8 Å². The van der Waals surface area contributed by atoms with Crippen molar-refractivity contribution in [1.82, 2.24) is 0 Å². The Hall–Kier alpha value is -1.51. The molecule has 1 amide bonds. The van der Waals surface area contributed by atoms with Crippen LogP contribution in [-0.4, -0.2) is 12.5 Å². The first-order valence-electron chi connectivity index (χ1n) is 6.51. The molecule has 2 N–H and O–H groups in total. The number of aryl methyl sites for hydroxylation is 1. The second kappa shape index (κ2) is 4.63. The molecule has 0 aliphatic carbocycles. The van der Waals surface area contributed by atoms with Crippen LogP contribution in [0.25, 0.3) is 0 Å². The van der Waals surface area contributed by atoms with Crippen molar-refractivity contribution in [3.63, 3.8) is 0 Å². The molecule has 1 heterocycles. The Morgan fingerprint density at radius 3 is 2.72 bits per heavy atom. The monoisotopic (exact) mass is 246 g/mol. The first-order valence-corrected chi connectivity index (χ1v) is 6.51. The summed E-state index contributed by atoms with van der Waals surface area (Å²) in [6.45, 7) is 9.24. The molecule has 1 aliphatic rings. The van der Waals surface area contributed by atoms with Gasteiger partial charge in [-0.2, -0.15) is 0 Å². The van der Waals surface area contributed by atoms with Crippen LogP contribution in [0.2, 0.25) is 0 Å². The van der Waals surface area contributed by atoms with Gasteiger partial charge in [0.2, 0.25) is 5.91 Å². The molecule has 0 saturated carbocycles. The van der Waals surface area contributed by atoms with Crippen molar-refractivity contribution in [3.8, 4) is 0 Å². The molecule has 0 saturated heterocycles. The first-order chi connectivity index (χ1) is 8.37. The molecule has 1 aromatic carbocycles. The number of fused-ring (bicyclic) bond motifs is 1. The zero-order chi connectivity index (χ0) is 13.3. The lowest BCUT2D eigenvalue weighted by molar-refractivity contribution is -0.120. The Morgan fingerprint density at radius 2 is 2.06 bits per heavy atom. The Balaban J connectivity index is 2.22. The standard InChI is InChI=1S/C15H22N2O/c1-10-6-5-7-12-13(10)17-14(18)11(9-16-12)8-15(2,3)4/h5-7,11,16H,8-9H2,1-4H3,(H,17,18). The van der Waals surface area contributed by atoms with Crippen LogP contribution in [0, 0.1) is 18.3 Å². The molecular weight excluding hydrogens is 224 g/mol. The summed E-state index contributed by atoms with van der Waals surface area (Å²) in [6, 6.07) is 6.05. The Labute approximate surface area is 109 Å². The van der Waals surface area contributed by atoms with Crippen molar-refractivity contribution >= 4 is 17.3 Å². The SMILES string of the molecule is Cc1cccc2c1NC(=O)C(CC(C)(C)C)CN2. The summed E-state index contributed by atoms with van der Waals surface area (Å²) >= 11 is 0. The summed E-state index contributed by atoms with van der Waals surface area (Å²) in [5.74, 6) is 0.155. The van der Waals surface area contributed by atoms with Crippen molar-refractivity contribution in [3.05, 3.63) is 23.8 Å². The maximum absolute atomic E-state index is 12.3. The van der Waals surface area contributed by atoms with Gasteiger partial charge in [0.25, 0.3) is 0 Å². The highest BCUT2D eigenvalue weighted by atomic mass is 16.1. The number of rotatable bonds is 1. The van der Waals surface area contributed by atoms with E-state index in [2.05, 4.69) is 31.4 Å². The van der Waals surface area contributed by atoms with Crippen molar-refractivity contribution < 1.29 is 4.79 Å². The summed E-state index contributed by atoms with van der Waals surface area (Å²) in [5, 5.41) is 6.45. The number of hydrogen-bond donors (Lipinski definition) is 2. The topological polar surface area (TPSA) is 41.1 Å². The third kappa shape index (κ3) is 2.84. The van der Waals surface area contributed by atoms with E-state index in [1.165, 1.54) is 0 Å². The number of hydrogen-bond acceptors (Lipinski definition) is 2. The number of benzene rings is 1. The maximum Gasteiger partial charge on any atom is 0.229 e. The molecule has 0 fully saturated rings. The summed E-state index contributed by atoms with van der Waals surface area (Å²) in [6.07, 6.45) is 0.888. The molecule has 1 atom stereocenters. The van der Waals surface area contributed by atoms with Crippen LogP contribution in [0.4, 0.5) is 11.4 Å². The molecule has 98 valence electrons. The number of para-hydroxylation sites is 1. The van der Waals surface area contributed by atoms with E-state index in [1.807, 2.05) is 25.1 Å². The molecule has 1 aromatic rings. The smallest absolute Gasteiger partial charge is 0.229 e. The second-order valence-corrected chi connectivity index (χ2v) is 6.33. The third-order valence-electron chi connectivity index (χ3n) is 3.29. The number of carbonyl (C=O) groups excluding carboxylic acids is 1. The molecule has 3 heteroatoms. The summed E-state index contributed by atoms with van der Waals surface area (Å²) in [4.78, 5) is 12.3. The van der Waals surface area contributed by atoms with Crippen molar-refractivity contribution in [2.24, 2.45) is 11.3 Å². The Kier molecular flexibility index (Phi) is 3.33. The molecule has 0 aromatic heterocycles. The van der Waals surface area contributed by atoms with Crippen LogP contribution in [0.5, 0.6) is 0 Å². The van der Waals surface area contributed by atoms with Gasteiger partial charge >= 0.3 is 0 Å². The van der Waals surface area contributed by atoms with E-state index in [0.29, 0.717) is 6.54 Å². The lowest BCUT2D eigenvalue weighted by Gasteiger charge is -2.23. The van der Waals surface area contributed by atoms with Gasteiger partial charge in [0.05, 0.1) is 17.3 Å². The zero-order valence-electron chi connectivity index (χ0n) is 11.6. The molecule has 1 unspecified atom stereocenters. The first kappa shape index (κ1) is 12.9. The van der Waals surface area contributed by atoms with E-state index in [4.69, 9.17) is 0 Å². The van der Waals surface area contributed by atoms with Crippen molar-refractivity contribution in [2.45, 2.75) is 34.1 Å². The van der Waals surface area contributed by atoms with Crippen molar-refractivity contribution in [2.75, 3.05) is 17.2 Å². The van der Waals surface area contributed by atoms with E-state index >= 15 is 0 Å². The lowest BCUT2D eigenvalue weighted by Crippen LogP contribution is -2.29. The molecule has 0 radical (unpaired) electrons. The lowest BCUT2D eigenvalue weighted by atomic mass is 9.84. The fourth-order valence-corrected chi connectivity index (χ4v) is 2.44. The highest BCUT2D eigenvalue weighted by Crippen LogP contribution is 2.32. The van der Waals surface area contributed by atoms with Gasteiger partial charge in [0.1, 0.15) is 0 Å². The predicted octanol–water partition coefficient (Wildman–Crippen LogP) is 3.41. The van der Waals surface area contributed by atoms with E-state index in [0.717, 1.165) is 23.4 Å². The van der Waals surface area contributed by atoms with E-state index in [-0.39, 0.29) is 17.2 Å². The number of carbonyl (C=O) groups is 1. The van der Waals surface area contributed by atoms with Crippen LogP contribution >= 0.6 is 0 Å². The van der Waals surface area contributed by atoms with Gasteiger partial charge in [-0.3, -0.25) is 4.79 Å². The van der Waals surface area contributed by atoms with Gasteiger partial charge in [-0.05, 0) is 30.4 Å². The summed E-state index contributed by atoms with van der Waals surface area (Å²) in [7, 11) is 0. The molecule has 18 heavy (non-hydrogen) atoms. The number of anilines is 2. The fourth-order valence-electron chi connectivity index (χ4n) is 2.44. The highest BCUT2D eigenvalue weighted by Gasteiger charge is 2.28. The van der Waals surface area contributed by atoms with E-state index < -0.39 is 0 Å². The largest absolute Gasteiger partial charge is 0.383 e. The molecular formula is C15H22N2O. The normalized spacial score (nSPS) is 19.6. The quantitative estimate of drug-likeness (QED) is 0.797. The molecule has 0 bridgehead atoms. The second-order valence-electron chi connectivity index (χ2n) is 6.33. The minimum atomic E-state index is 0.0248. The van der Waals surface area contributed by atoms with E-state index in [9.17, 15) is 4.79 Å². The summed E-state index contributed by atoms with van der Waals surface area (Å²) in [5.41, 5.74) is 3.22. The van der Waals surface area contributed by atoms with Gasteiger partial charge < -0.3 is 10.6 Å². The van der Waals surface area contributed by atoms with Gasteiger partial charge in [-0.1, -0.05) is 32.9 Å². The fraction of sp³-hybridized carbons (Fsp3) is 0.533. The maximum atomic E-state index is 12.3. The Bertz CT molecular complexity index is 460. The minimum Gasteiger partial charge on any atom is -0.383 e. The molecule has 0 spiro atoms. The predicted molar refractivity (Wildman–Crippen MR) is 75.9 cm³/mol. The van der Waals surface area contributed by atoms with Gasteiger partial charge in [-0.25, -0.2) is 0 Å². The average Bonchev–Trinajstić information content (AvgIpc) is 2.39. The van der Waals surface area contributed by atoms with Crippen LogP contribution < -0.4 is 10.6 Å². The molecule has 2 rings (SSSR count). The number of nitrogens with one attached hydrogen (secondary N) is 2. The van der Waals surface area contributed by atoms with Crippen LogP contribution in [0.3, 0.4) is 0 Å². The Morgan fingerprint density at radius 1 is 1.33 bits per heavy atom. The van der Waals surface area contributed by atoms with E-state index in [1.54, 1.807) is 0 Å². The van der Waals surface area contributed by atoms with Gasteiger partial charge in [0, 0.05) is 6.54 Å². The molecule has 3 nitrogen and oxygen atoms in total.